The molecule has 4 aliphatic rings. The van der Waals surface area contributed by atoms with Crippen LogP contribution in [0.3, 0.4) is 0 Å². The Balaban J connectivity index is 1.40. The van der Waals surface area contributed by atoms with Gasteiger partial charge in [0.25, 0.3) is 0 Å². The maximum atomic E-state index is 11.9. The SMILES string of the molecule is CCOC(=O)C(C)=CCC[C@@H](C)[C@H]1CC[C@H]2[C@@H]3CCC4CCCC[C@]4(C)[C@H]3CC[C@]12C. The van der Waals surface area contributed by atoms with Crippen LogP contribution in [0.2, 0.25) is 0 Å². The summed E-state index contributed by atoms with van der Waals surface area (Å²) < 4.78 is 5.14. The van der Waals surface area contributed by atoms with Crippen molar-refractivity contribution in [3.63, 3.8) is 0 Å². The van der Waals surface area contributed by atoms with E-state index in [-0.39, 0.29) is 5.97 Å². The van der Waals surface area contributed by atoms with Crippen molar-refractivity contribution in [3.05, 3.63) is 11.6 Å². The van der Waals surface area contributed by atoms with E-state index < -0.39 is 0 Å². The van der Waals surface area contributed by atoms with Gasteiger partial charge >= 0.3 is 5.97 Å². The smallest absolute Gasteiger partial charge is 0.333 e. The van der Waals surface area contributed by atoms with Gasteiger partial charge in [-0.1, -0.05) is 39.7 Å². The summed E-state index contributed by atoms with van der Waals surface area (Å²) in [5.74, 6) is 5.47. The van der Waals surface area contributed by atoms with Crippen LogP contribution in [0, 0.1) is 46.3 Å². The van der Waals surface area contributed by atoms with Crippen LogP contribution in [0.5, 0.6) is 0 Å². The summed E-state index contributed by atoms with van der Waals surface area (Å²) in [4.78, 5) is 11.9. The van der Waals surface area contributed by atoms with Gasteiger partial charge in [-0.05, 0) is 124 Å². The van der Waals surface area contributed by atoms with Crippen LogP contribution < -0.4 is 0 Å². The normalized spacial score (nSPS) is 43.5. The Morgan fingerprint density at radius 1 is 1.00 bits per heavy atom. The number of esters is 1. The average molecular weight is 429 g/mol. The maximum Gasteiger partial charge on any atom is 0.333 e. The molecule has 0 aromatic heterocycles. The first-order valence-corrected chi connectivity index (χ1v) is 13.6. The van der Waals surface area contributed by atoms with Gasteiger partial charge in [0.15, 0.2) is 0 Å². The minimum absolute atomic E-state index is 0.145. The number of carbonyl (C=O) groups excluding carboxylic acids is 1. The van der Waals surface area contributed by atoms with E-state index in [0.717, 1.165) is 47.5 Å². The van der Waals surface area contributed by atoms with Crippen LogP contribution in [0.15, 0.2) is 11.6 Å². The maximum absolute atomic E-state index is 11.9. The van der Waals surface area contributed by atoms with Crippen LogP contribution >= 0.6 is 0 Å². The van der Waals surface area contributed by atoms with Gasteiger partial charge in [0.05, 0.1) is 6.61 Å². The third-order valence-corrected chi connectivity index (χ3v) is 11.0. The second-order valence-electron chi connectivity index (χ2n) is 12.3. The van der Waals surface area contributed by atoms with Crippen LogP contribution in [-0.2, 0) is 9.53 Å². The lowest BCUT2D eigenvalue weighted by Gasteiger charge is -2.61. The molecule has 2 nitrogen and oxygen atoms in total. The summed E-state index contributed by atoms with van der Waals surface area (Å²) in [6.07, 6.45) is 19.2. The summed E-state index contributed by atoms with van der Waals surface area (Å²) >= 11 is 0. The number of hydrogen-bond donors (Lipinski definition) is 0. The molecule has 0 aromatic carbocycles. The zero-order valence-corrected chi connectivity index (χ0v) is 21.1. The van der Waals surface area contributed by atoms with Crippen LogP contribution in [0.25, 0.3) is 0 Å². The predicted octanol–water partition coefficient (Wildman–Crippen LogP) is 7.96. The Kier molecular flexibility index (Phi) is 6.95. The minimum atomic E-state index is -0.145. The highest BCUT2D eigenvalue weighted by atomic mass is 16.5. The Morgan fingerprint density at radius 3 is 2.55 bits per heavy atom. The highest BCUT2D eigenvalue weighted by Gasteiger charge is 2.59. The molecular formula is C29H48O2. The van der Waals surface area contributed by atoms with Gasteiger partial charge in [-0.15, -0.1) is 0 Å². The largest absolute Gasteiger partial charge is 0.463 e. The van der Waals surface area contributed by atoms with E-state index in [1.54, 1.807) is 0 Å². The molecule has 0 radical (unpaired) electrons. The summed E-state index contributed by atoms with van der Waals surface area (Å²) in [7, 11) is 0. The Morgan fingerprint density at radius 2 is 1.77 bits per heavy atom. The van der Waals surface area contributed by atoms with E-state index in [1.807, 2.05) is 13.8 Å². The van der Waals surface area contributed by atoms with Gasteiger partial charge in [-0.2, -0.15) is 0 Å². The summed E-state index contributed by atoms with van der Waals surface area (Å²) in [5, 5.41) is 0. The molecule has 176 valence electrons. The quantitative estimate of drug-likeness (QED) is 0.317. The van der Waals surface area contributed by atoms with Crippen molar-refractivity contribution >= 4 is 5.97 Å². The Labute approximate surface area is 192 Å². The number of rotatable bonds is 6. The van der Waals surface area contributed by atoms with Crippen LogP contribution in [0.4, 0.5) is 0 Å². The molecule has 0 N–H and O–H groups in total. The van der Waals surface area contributed by atoms with Gasteiger partial charge in [0.2, 0.25) is 0 Å². The topological polar surface area (TPSA) is 26.3 Å². The molecule has 4 rings (SSSR count). The fourth-order valence-corrected chi connectivity index (χ4v) is 9.36. The fourth-order valence-electron chi connectivity index (χ4n) is 9.36. The number of hydrogen-bond acceptors (Lipinski definition) is 2. The van der Waals surface area contributed by atoms with Crippen molar-refractivity contribution in [2.24, 2.45) is 46.3 Å². The number of fused-ring (bicyclic) bond motifs is 5. The molecule has 0 aliphatic heterocycles. The second kappa shape index (κ2) is 9.22. The van der Waals surface area contributed by atoms with Crippen molar-refractivity contribution < 1.29 is 9.53 Å². The molecule has 4 saturated carbocycles. The lowest BCUT2D eigenvalue weighted by Crippen LogP contribution is -2.53. The first kappa shape index (κ1) is 23.4. The molecule has 4 aliphatic carbocycles. The first-order valence-electron chi connectivity index (χ1n) is 13.6. The molecule has 31 heavy (non-hydrogen) atoms. The van der Waals surface area contributed by atoms with Gasteiger partial charge in [-0.25, -0.2) is 4.79 Å². The molecule has 0 aromatic rings. The molecule has 0 heterocycles. The highest BCUT2D eigenvalue weighted by Crippen LogP contribution is 2.68. The molecule has 0 amide bonds. The van der Waals surface area contributed by atoms with Gasteiger partial charge < -0.3 is 4.74 Å². The standard InChI is InChI=1S/C29H48O2/c1-6-31-27(30)21(3)11-9-10-20(2)24-15-16-25-23-14-13-22-12-7-8-18-28(22,4)26(23)17-19-29(24,25)5/h11,20,22-26H,6-10,12-19H2,1-5H3/t20-,22?,23+,24-,25+,26+,28+,29-/m1/s1. The van der Waals surface area contributed by atoms with Crippen molar-refractivity contribution in [2.75, 3.05) is 6.61 Å². The van der Waals surface area contributed by atoms with Crippen molar-refractivity contribution in [3.8, 4) is 0 Å². The van der Waals surface area contributed by atoms with Crippen LogP contribution in [0.1, 0.15) is 112 Å². The molecule has 2 heteroatoms. The zero-order chi connectivity index (χ0) is 22.2. The van der Waals surface area contributed by atoms with E-state index in [9.17, 15) is 4.79 Å². The molecule has 0 spiro atoms. The zero-order valence-electron chi connectivity index (χ0n) is 21.1. The van der Waals surface area contributed by atoms with E-state index in [1.165, 1.54) is 70.6 Å². The molecular weight excluding hydrogens is 380 g/mol. The van der Waals surface area contributed by atoms with Crippen molar-refractivity contribution in [2.45, 2.75) is 112 Å². The minimum Gasteiger partial charge on any atom is -0.463 e. The first-order chi connectivity index (χ1) is 14.8. The van der Waals surface area contributed by atoms with E-state index >= 15 is 0 Å². The summed E-state index contributed by atoms with van der Waals surface area (Å²) in [6.45, 7) is 12.1. The van der Waals surface area contributed by atoms with E-state index in [4.69, 9.17) is 4.74 Å². The molecule has 4 fully saturated rings. The van der Waals surface area contributed by atoms with E-state index in [0.29, 0.717) is 17.4 Å². The van der Waals surface area contributed by atoms with Gasteiger partial charge in [-0.3, -0.25) is 0 Å². The lowest BCUT2D eigenvalue weighted by atomic mass is 9.44. The molecule has 8 atom stereocenters. The van der Waals surface area contributed by atoms with Crippen molar-refractivity contribution in [1.29, 1.82) is 0 Å². The lowest BCUT2D eigenvalue weighted by molar-refractivity contribution is -0.138. The second-order valence-corrected chi connectivity index (χ2v) is 12.3. The average Bonchev–Trinajstić information content (AvgIpc) is 3.10. The number of carbonyl (C=O) groups is 1. The number of ether oxygens (including phenoxy) is 1. The third-order valence-electron chi connectivity index (χ3n) is 11.0. The van der Waals surface area contributed by atoms with Crippen molar-refractivity contribution in [1.82, 2.24) is 0 Å². The van der Waals surface area contributed by atoms with Gasteiger partial charge in [0, 0.05) is 5.57 Å². The van der Waals surface area contributed by atoms with Gasteiger partial charge in [0.1, 0.15) is 0 Å². The molecule has 0 saturated heterocycles. The molecule has 0 bridgehead atoms. The molecule has 1 unspecified atom stereocenters. The summed E-state index contributed by atoms with van der Waals surface area (Å²) in [6, 6.07) is 0. The Hall–Kier alpha value is -0.790. The van der Waals surface area contributed by atoms with Crippen LogP contribution in [-0.4, -0.2) is 12.6 Å². The monoisotopic (exact) mass is 428 g/mol. The number of allylic oxidation sites excluding steroid dienone is 1. The van der Waals surface area contributed by atoms with E-state index in [2.05, 4.69) is 26.8 Å². The predicted molar refractivity (Wildman–Crippen MR) is 129 cm³/mol. The third kappa shape index (κ3) is 4.15. The summed E-state index contributed by atoms with van der Waals surface area (Å²) in [5.41, 5.74) is 1.99. The Bertz CT molecular complexity index is 680. The fraction of sp³-hybridized carbons (Fsp3) is 0.897. The highest BCUT2D eigenvalue weighted by molar-refractivity contribution is 5.87.